The summed E-state index contributed by atoms with van der Waals surface area (Å²) >= 11 is 0. The number of furan rings is 2. The van der Waals surface area contributed by atoms with Crippen molar-refractivity contribution < 1.29 is 28.0 Å². The maximum absolute atomic E-state index is 13.4. The van der Waals surface area contributed by atoms with Gasteiger partial charge in [0.15, 0.2) is 11.5 Å². The van der Waals surface area contributed by atoms with E-state index in [4.69, 9.17) is 18.3 Å². The van der Waals surface area contributed by atoms with Crippen LogP contribution in [0, 0.1) is 24.0 Å². The van der Waals surface area contributed by atoms with Crippen LogP contribution in [0.15, 0.2) is 45.2 Å². The second kappa shape index (κ2) is 8.73. The molecule has 0 aliphatic rings. The van der Waals surface area contributed by atoms with Crippen molar-refractivity contribution in [1.82, 2.24) is 4.90 Å². The van der Waals surface area contributed by atoms with E-state index in [2.05, 4.69) is 0 Å². The summed E-state index contributed by atoms with van der Waals surface area (Å²) in [5, 5.41) is 11.6. The monoisotopic (exact) mass is 414 g/mol. The summed E-state index contributed by atoms with van der Waals surface area (Å²) in [7, 11) is 2.76. The standard InChI is InChI=1S/C21H22N2O7/c1-13-5-7-15(29-13)11-22(12-16-8-6-14(2)30-16)21(24)17-9-19(27-3)20(28-4)10-18(17)23(25)26/h5-10H,11-12H2,1-4H3. The molecule has 0 fully saturated rings. The van der Waals surface area contributed by atoms with E-state index in [1.54, 1.807) is 38.1 Å². The first-order valence-corrected chi connectivity index (χ1v) is 9.12. The van der Waals surface area contributed by atoms with E-state index in [9.17, 15) is 14.9 Å². The Morgan fingerprint density at radius 3 is 1.87 bits per heavy atom. The number of nitro groups is 1. The average molecular weight is 414 g/mol. The number of aryl methyl sites for hydroxylation is 2. The Bertz CT molecular complexity index is 1020. The Labute approximate surface area is 172 Å². The van der Waals surface area contributed by atoms with Gasteiger partial charge < -0.3 is 23.2 Å². The Balaban J connectivity index is 2.03. The summed E-state index contributed by atoms with van der Waals surface area (Å²) in [6, 6.07) is 9.57. The lowest BCUT2D eigenvalue weighted by Gasteiger charge is -2.21. The SMILES string of the molecule is COc1cc(C(=O)N(Cc2ccc(C)o2)Cc2ccc(C)o2)c([N+](=O)[O-])cc1OC. The smallest absolute Gasteiger partial charge is 0.286 e. The number of rotatable bonds is 8. The summed E-state index contributed by atoms with van der Waals surface area (Å²) < 4.78 is 21.6. The summed E-state index contributed by atoms with van der Waals surface area (Å²) in [4.78, 5) is 25.8. The zero-order chi connectivity index (χ0) is 21.8. The fourth-order valence-corrected chi connectivity index (χ4v) is 3.08. The minimum atomic E-state index is -0.624. The molecule has 0 bridgehead atoms. The number of ether oxygens (including phenoxy) is 2. The molecular formula is C21H22N2O7. The van der Waals surface area contributed by atoms with Crippen LogP contribution in [0.3, 0.4) is 0 Å². The summed E-state index contributed by atoms with van der Waals surface area (Å²) in [5.74, 6) is 2.31. The third kappa shape index (κ3) is 4.45. The molecule has 2 heterocycles. The molecule has 0 radical (unpaired) electrons. The van der Waals surface area contributed by atoms with Crippen molar-refractivity contribution in [3.8, 4) is 11.5 Å². The van der Waals surface area contributed by atoms with Crippen molar-refractivity contribution in [2.75, 3.05) is 14.2 Å². The van der Waals surface area contributed by atoms with Crippen LogP contribution < -0.4 is 9.47 Å². The van der Waals surface area contributed by atoms with Gasteiger partial charge in [-0.3, -0.25) is 14.9 Å². The molecule has 0 aliphatic carbocycles. The Hall–Kier alpha value is -3.75. The molecular weight excluding hydrogens is 392 g/mol. The van der Waals surface area contributed by atoms with Crippen LogP contribution in [0.2, 0.25) is 0 Å². The molecule has 0 saturated carbocycles. The fourth-order valence-electron chi connectivity index (χ4n) is 3.08. The number of nitrogens with zero attached hydrogens (tertiary/aromatic N) is 2. The highest BCUT2D eigenvalue weighted by atomic mass is 16.6. The first-order chi connectivity index (χ1) is 14.3. The van der Waals surface area contributed by atoms with Gasteiger partial charge in [-0.2, -0.15) is 0 Å². The van der Waals surface area contributed by atoms with E-state index in [0.29, 0.717) is 23.0 Å². The molecule has 2 aromatic heterocycles. The Kier molecular flexibility index (Phi) is 6.10. The van der Waals surface area contributed by atoms with E-state index in [1.807, 2.05) is 0 Å². The van der Waals surface area contributed by atoms with Gasteiger partial charge >= 0.3 is 0 Å². The van der Waals surface area contributed by atoms with Gasteiger partial charge in [0.1, 0.15) is 28.6 Å². The minimum absolute atomic E-state index is 0.109. The number of carbonyl (C=O) groups is 1. The topological polar surface area (TPSA) is 108 Å². The lowest BCUT2D eigenvalue weighted by Crippen LogP contribution is -2.30. The van der Waals surface area contributed by atoms with Crippen molar-refractivity contribution in [3.05, 3.63) is 75.1 Å². The molecule has 158 valence electrons. The third-order valence-corrected chi connectivity index (χ3v) is 4.50. The fraction of sp³-hybridized carbons (Fsp3) is 0.286. The zero-order valence-corrected chi connectivity index (χ0v) is 17.1. The van der Waals surface area contributed by atoms with Crippen molar-refractivity contribution in [1.29, 1.82) is 0 Å². The van der Waals surface area contributed by atoms with Gasteiger partial charge in [-0.15, -0.1) is 0 Å². The van der Waals surface area contributed by atoms with Gasteiger partial charge in [-0.1, -0.05) is 0 Å². The third-order valence-electron chi connectivity index (χ3n) is 4.50. The molecule has 30 heavy (non-hydrogen) atoms. The van der Waals surface area contributed by atoms with Crippen molar-refractivity contribution in [2.24, 2.45) is 0 Å². The van der Waals surface area contributed by atoms with Crippen LogP contribution in [0.4, 0.5) is 5.69 Å². The van der Waals surface area contributed by atoms with Crippen LogP contribution in [-0.2, 0) is 13.1 Å². The molecule has 3 rings (SSSR count). The van der Waals surface area contributed by atoms with E-state index in [-0.39, 0.29) is 35.8 Å². The highest BCUT2D eigenvalue weighted by Crippen LogP contribution is 2.35. The van der Waals surface area contributed by atoms with E-state index in [1.165, 1.54) is 31.3 Å². The molecule has 0 aliphatic heterocycles. The maximum Gasteiger partial charge on any atom is 0.286 e. The Morgan fingerprint density at radius 2 is 1.47 bits per heavy atom. The number of hydrogen-bond donors (Lipinski definition) is 0. The van der Waals surface area contributed by atoms with Gasteiger partial charge in [0.05, 0.1) is 38.3 Å². The molecule has 1 amide bonds. The molecule has 1 aromatic carbocycles. The average Bonchev–Trinajstić information content (AvgIpc) is 3.33. The summed E-state index contributed by atoms with van der Waals surface area (Å²) in [6.45, 7) is 3.81. The first kappa shape index (κ1) is 21.0. The molecule has 9 heteroatoms. The lowest BCUT2D eigenvalue weighted by atomic mass is 10.1. The number of benzene rings is 1. The molecule has 0 N–H and O–H groups in total. The largest absolute Gasteiger partial charge is 0.493 e. The first-order valence-electron chi connectivity index (χ1n) is 9.12. The van der Waals surface area contributed by atoms with Crippen molar-refractivity contribution >= 4 is 11.6 Å². The van der Waals surface area contributed by atoms with E-state index in [0.717, 1.165) is 0 Å². The molecule has 0 spiro atoms. The zero-order valence-electron chi connectivity index (χ0n) is 17.1. The highest BCUT2D eigenvalue weighted by molar-refractivity contribution is 5.99. The predicted molar refractivity (Wildman–Crippen MR) is 107 cm³/mol. The summed E-state index contributed by atoms with van der Waals surface area (Å²) in [5.41, 5.74) is -0.502. The van der Waals surface area contributed by atoms with Gasteiger partial charge in [0.25, 0.3) is 11.6 Å². The quantitative estimate of drug-likeness (QED) is 0.400. The van der Waals surface area contributed by atoms with Gasteiger partial charge in [0, 0.05) is 6.07 Å². The molecule has 3 aromatic rings. The number of nitro benzene ring substituents is 1. The predicted octanol–water partition coefficient (Wildman–Crippen LogP) is 4.26. The maximum atomic E-state index is 13.4. The number of amides is 1. The minimum Gasteiger partial charge on any atom is -0.493 e. The number of hydrogen-bond acceptors (Lipinski definition) is 7. The van der Waals surface area contributed by atoms with E-state index < -0.39 is 10.8 Å². The van der Waals surface area contributed by atoms with Crippen molar-refractivity contribution in [2.45, 2.75) is 26.9 Å². The lowest BCUT2D eigenvalue weighted by molar-refractivity contribution is -0.385. The van der Waals surface area contributed by atoms with Crippen LogP contribution >= 0.6 is 0 Å². The normalized spacial score (nSPS) is 10.7. The number of methoxy groups -OCH3 is 2. The molecule has 0 unspecified atom stereocenters. The molecule has 0 saturated heterocycles. The molecule has 0 atom stereocenters. The van der Waals surface area contributed by atoms with Gasteiger partial charge in [-0.25, -0.2) is 0 Å². The van der Waals surface area contributed by atoms with Gasteiger partial charge in [-0.05, 0) is 38.1 Å². The Morgan fingerprint density at radius 1 is 0.967 bits per heavy atom. The molecule has 9 nitrogen and oxygen atoms in total. The van der Waals surface area contributed by atoms with Crippen LogP contribution in [0.25, 0.3) is 0 Å². The second-order valence-corrected chi connectivity index (χ2v) is 6.67. The van der Waals surface area contributed by atoms with Crippen LogP contribution in [0.1, 0.15) is 33.4 Å². The van der Waals surface area contributed by atoms with E-state index >= 15 is 0 Å². The highest BCUT2D eigenvalue weighted by Gasteiger charge is 2.29. The number of carbonyl (C=O) groups excluding carboxylic acids is 1. The van der Waals surface area contributed by atoms with Crippen molar-refractivity contribution in [3.63, 3.8) is 0 Å². The summed E-state index contributed by atoms with van der Waals surface area (Å²) in [6.07, 6.45) is 0. The van der Waals surface area contributed by atoms with Crippen LogP contribution in [0.5, 0.6) is 11.5 Å². The van der Waals surface area contributed by atoms with Gasteiger partial charge in [0.2, 0.25) is 0 Å². The van der Waals surface area contributed by atoms with Crippen LogP contribution in [-0.4, -0.2) is 29.9 Å². The second-order valence-electron chi connectivity index (χ2n) is 6.67.